The van der Waals surface area contributed by atoms with Gasteiger partial charge in [0.05, 0.1) is 12.2 Å². The zero-order valence-electron chi connectivity index (χ0n) is 11.4. The Labute approximate surface area is 112 Å². The summed E-state index contributed by atoms with van der Waals surface area (Å²) in [4.78, 5) is 10.4. The number of ether oxygens (including phenoxy) is 1. The van der Waals surface area contributed by atoms with Gasteiger partial charge in [-0.1, -0.05) is 13.0 Å². The Bertz CT molecular complexity index is 478. The minimum Gasteiger partial charge on any atom is -0.478 e. The van der Waals surface area contributed by atoms with Crippen LogP contribution in [0.4, 0.5) is 4.39 Å². The van der Waals surface area contributed by atoms with E-state index >= 15 is 0 Å². The van der Waals surface area contributed by atoms with E-state index in [1.807, 2.05) is 20.8 Å². The number of carboxylic acid groups (broad SMARTS) is 1. The van der Waals surface area contributed by atoms with Crippen molar-refractivity contribution in [3.05, 3.63) is 41.2 Å². The molecular weight excluding hydrogens is 247 g/mol. The fourth-order valence-electron chi connectivity index (χ4n) is 1.35. The van der Waals surface area contributed by atoms with Gasteiger partial charge in [0.1, 0.15) is 5.82 Å². The molecular formula is C15H19FO3. The van der Waals surface area contributed by atoms with Crippen LogP contribution in [0.2, 0.25) is 0 Å². The van der Waals surface area contributed by atoms with Crippen LogP contribution in [0, 0.1) is 5.82 Å². The molecule has 0 saturated heterocycles. The zero-order valence-corrected chi connectivity index (χ0v) is 11.4. The van der Waals surface area contributed by atoms with Crippen LogP contribution in [0.5, 0.6) is 0 Å². The van der Waals surface area contributed by atoms with Gasteiger partial charge in [-0.3, -0.25) is 0 Å². The summed E-state index contributed by atoms with van der Waals surface area (Å²) < 4.78 is 19.2. The highest BCUT2D eigenvalue weighted by Crippen LogP contribution is 2.18. The molecule has 0 aromatic heterocycles. The Balaban J connectivity index is 2.82. The van der Waals surface area contributed by atoms with Crippen LogP contribution >= 0.6 is 0 Å². The lowest BCUT2D eigenvalue weighted by Crippen LogP contribution is -2.22. The highest BCUT2D eigenvalue weighted by atomic mass is 19.1. The first kappa shape index (κ1) is 15.4. The number of aliphatic carboxylic acids is 1. The Morgan fingerprint density at radius 3 is 2.74 bits per heavy atom. The lowest BCUT2D eigenvalue weighted by Gasteiger charge is -2.23. The average molecular weight is 266 g/mol. The van der Waals surface area contributed by atoms with Gasteiger partial charge in [-0.2, -0.15) is 0 Å². The second-order valence-electron chi connectivity index (χ2n) is 4.93. The molecule has 1 N–H and O–H groups in total. The molecule has 4 heteroatoms. The molecule has 104 valence electrons. The van der Waals surface area contributed by atoms with Crippen LogP contribution in [0.15, 0.2) is 24.3 Å². The highest BCUT2D eigenvalue weighted by molar-refractivity contribution is 5.85. The molecule has 3 nitrogen and oxygen atoms in total. The highest BCUT2D eigenvalue weighted by Gasteiger charge is 2.15. The van der Waals surface area contributed by atoms with Crippen LogP contribution in [-0.4, -0.2) is 16.7 Å². The van der Waals surface area contributed by atoms with E-state index in [-0.39, 0.29) is 11.2 Å². The molecule has 19 heavy (non-hydrogen) atoms. The lowest BCUT2D eigenvalue weighted by atomic mass is 10.1. The molecule has 0 heterocycles. The Morgan fingerprint density at radius 2 is 2.16 bits per heavy atom. The fourth-order valence-corrected chi connectivity index (χ4v) is 1.35. The van der Waals surface area contributed by atoms with E-state index < -0.39 is 11.8 Å². The van der Waals surface area contributed by atoms with E-state index in [1.54, 1.807) is 12.1 Å². The molecule has 1 aromatic carbocycles. The van der Waals surface area contributed by atoms with Crippen molar-refractivity contribution in [2.45, 2.75) is 39.4 Å². The molecule has 0 atom stereocenters. The summed E-state index contributed by atoms with van der Waals surface area (Å²) in [6.07, 6.45) is 3.03. The molecule has 0 saturated carbocycles. The van der Waals surface area contributed by atoms with Crippen molar-refractivity contribution in [3.8, 4) is 0 Å². The molecule has 0 aliphatic heterocycles. The maximum atomic E-state index is 13.5. The summed E-state index contributed by atoms with van der Waals surface area (Å²) in [6, 6.07) is 4.55. The summed E-state index contributed by atoms with van der Waals surface area (Å²) >= 11 is 0. The maximum absolute atomic E-state index is 13.5. The Morgan fingerprint density at radius 1 is 1.47 bits per heavy atom. The maximum Gasteiger partial charge on any atom is 0.328 e. The van der Waals surface area contributed by atoms with Crippen molar-refractivity contribution in [1.29, 1.82) is 0 Å². The number of carboxylic acids is 1. The van der Waals surface area contributed by atoms with Crippen LogP contribution in [0.1, 0.15) is 38.3 Å². The van der Waals surface area contributed by atoms with Crippen LogP contribution in [-0.2, 0) is 16.1 Å². The van der Waals surface area contributed by atoms with Gasteiger partial charge in [0.2, 0.25) is 0 Å². The normalized spacial score (nSPS) is 12.0. The van der Waals surface area contributed by atoms with Crippen molar-refractivity contribution >= 4 is 12.0 Å². The van der Waals surface area contributed by atoms with Crippen molar-refractivity contribution in [2.75, 3.05) is 0 Å². The minimum atomic E-state index is -1.10. The smallest absolute Gasteiger partial charge is 0.328 e. The molecule has 0 aliphatic rings. The van der Waals surface area contributed by atoms with Crippen LogP contribution < -0.4 is 0 Å². The molecule has 0 aliphatic carbocycles. The van der Waals surface area contributed by atoms with Gasteiger partial charge in [0.15, 0.2) is 0 Å². The number of carbonyl (C=O) groups is 1. The number of hydrogen-bond donors (Lipinski definition) is 1. The van der Waals surface area contributed by atoms with Gasteiger partial charge < -0.3 is 9.84 Å². The van der Waals surface area contributed by atoms with Gasteiger partial charge in [-0.05, 0) is 44.0 Å². The van der Waals surface area contributed by atoms with Crippen molar-refractivity contribution < 1.29 is 19.0 Å². The van der Waals surface area contributed by atoms with Gasteiger partial charge in [-0.15, -0.1) is 0 Å². The topological polar surface area (TPSA) is 46.5 Å². The Kier molecular flexibility index (Phi) is 5.24. The summed E-state index contributed by atoms with van der Waals surface area (Å²) in [7, 11) is 0. The molecule has 1 aromatic rings. The molecule has 0 radical (unpaired) electrons. The van der Waals surface area contributed by atoms with E-state index in [0.717, 1.165) is 18.1 Å². The van der Waals surface area contributed by atoms with Crippen LogP contribution in [0.25, 0.3) is 6.08 Å². The third-order valence-electron chi connectivity index (χ3n) is 2.95. The summed E-state index contributed by atoms with van der Waals surface area (Å²) in [6.45, 7) is 6.38. The summed E-state index contributed by atoms with van der Waals surface area (Å²) in [5.41, 5.74) is 0.830. The van der Waals surface area contributed by atoms with Crippen LogP contribution in [0.3, 0.4) is 0 Å². The van der Waals surface area contributed by atoms with Crippen molar-refractivity contribution in [1.82, 2.24) is 0 Å². The first-order chi connectivity index (χ1) is 8.84. The SMILES string of the molecule is CCC(C)(C)OCc1ccc(F)c(/C=C/C(=O)O)c1. The van der Waals surface area contributed by atoms with Crippen molar-refractivity contribution in [2.24, 2.45) is 0 Å². The monoisotopic (exact) mass is 266 g/mol. The molecule has 1 rings (SSSR count). The second kappa shape index (κ2) is 6.48. The van der Waals surface area contributed by atoms with Gasteiger partial charge >= 0.3 is 5.97 Å². The second-order valence-corrected chi connectivity index (χ2v) is 4.93. The first-order valence-electron chi connectivity index (χ1n) is 6.17. The molecule has 0 spiro atoms. The molecule has 0 bridgehead atoms. The number of benzene rings is 1. The first-order valence-corrected chi connectivity index (χ1v) is 6.17. The third-order valence-corrected chi connectivity index (χ3v) is 2.95. The van der Waals surface area contributed by atoms with E-state index in [4.69, 9.17) is 9.84 Å². The van der Waals surface area contributed by atoms with Gasteiger partial charge in [0.25, 0.3) is 0 Å². The van der Waals surface area contributed by atoms with E-state index in [1.165, 1.54) is 12.1 Å². The fraction of sp³-hybridized carbons (Fsp3) is 0.400. The number of rotatable bonds is 6. The van der Waals surface area contributed by atoms with Crippen molar-refractivity contribution in [3.63, 3.8) is 0 Å². The molecule has 0 fully saturated rings. The zero-order chi connectivity index (χ0) is 14.5. The standard InChI is InChI=1S/C15H19FO3/c1-4-15(2,3)19-10-11-5-7-13(16)12(9-11)6-8-14(17)18/h5-9H,4,10H2,1-3H3,(H,17,18)/b8-6+. The van der Waals surface area contributed by atoms with E-state index in [9.17, 15) is 9.18 Å². The summed E-state index contributed by atoms with van der Waals surface area (Å²) in [5.74, 6) is -1.55. The van der Waals surface area contributed by atoms with Gasteiger partial charge in [0, 0.05) is 11.6 Å². The lowest BCUT2D eigenvalue weighted by molar-refractivity contribution is -0.131. The molecule has 0 amide bonds. The Hall–Kier alpha value is -1.68. The van der Waals surface area contributed by atoms with Gasteiger partial charge in [-0.25, -0.2) is 9.18 Å². The minimum absolute atomic E-state index is 0.231. The largest absolute Gasteiger partial charge is 0.478 e. The average Bonchev–Trinajstić information content (AvgIpc) is 2.36. The third kappa shape index (κ3) is 5.22. The molecule has 0 unspecified atom stereocenters. The number of halogens is 1. The predicted octanol–water partition coefficient (Wildman–Crippen LogP) is 3.63. The van der Waals surface area contributed by atoms with E-state index in [2.05, 4.69) is 0 Å². The predicted molar refractivity (Wildman–Crippen MR) is 72.2 cm³/mol. The quantitative estimate of drug-likeness (QED) is 0.800. The van der Waals surface area contributed by atoms with E-state index in [0.29, 0.717) is 6.61 Å². The summed E-state index contributed by atoms with van der Waals surface area (Å²) in [5, 5.41) is 8.54. The number of hydrogen-bond acceptors (Lipinski definition) is 2.